The Morgan fingerprint density at radius 2 is 2.12 bits per heavy atom. The molecule has 1 amide bonds. The van der Waals surface area contributed by atoms with Crippen molar-refractivity contribution in [3.63, 3.8) is 0 Å². The van der Waals surface area contributed by atoms with Crippen molar-refractivity contribution in [3.05, 3.63) is 35.7 Å². The molecular weight excluding hydrogens is 336 g/mol. The Morgan fingerprint density at radius 1 is 1.35 bits per heavy atom. The monoisotopic (exact) mass is 358 g/mol. The zero-order chi connectivity index (χ0) is 18.5. The van der Waals surface area contributed by atoms with Crippen LogP contribution in [0, 0.1) is 5.92 Å². The lowest BCUT2D eigenvalue weighted by atomic mass is 10.1. The van der Waals surface area contributed by atoms with Crippen molar-refractivity contribution >= 4 is 11.9 Å². The first-order valence-corrected chi connectivity index (χ1v) is 8.62. The van der Waals surface area contributed by atoms with Gasteiger partial charge in [-0.3, -0.25) is 9.69 Å². The highest BCUT2D eigenvalue weighted by molar-refractivity contribution is 5.89. The summed E-state index contributed by atoms with van der Waals surface area (Å²) in [6.45, 7) is 4.60. The van der Waals surface area contributed by atoms with Crippen molar-refractivity contribution in [1.82, 2.24) is 20.4 Å². The van der Waals surface area contributed by atoms with Gasteiger partial charge in [-0.1, -0.05) is 17.3 Å². The van der Waals surface area contributed by atoms with E-state index in [1.165, 1.54) is 7.11 Å². The van der Waals surface area contributed by atoms with Crippen molar-refractivity contribution in [2.75, 3.05) is 26.7 Å². The number of nitrogens with zero attached hydrogens (tertiary/aromatic N) is 3. The molecule has 1 aliphatic heterocycles. The molecule has 8 heteroatoms. The molecule has 2 heterocycles. The van der Waals surface area contributed by atoms with Gasteiger partial charge in [0.15, 0.2) is 0 Å². The van der Waals surface area contributed by atoms with E-state index in [1.807, 2.05) is 6.92 Å². The molecule has 2 aromatic rings. The molecule has 1 saturated heterocycles. The second-order valence-corrected chi connectivity index (χ2v) is 6.20. The number of hydrogen-bond acceptors (Lipinski definition) is 7. The summed E-state index contributed by atoms with van der Waals surface area (Å²) >= 11 is 0. The van der Waals surface area contributed by atoms with Crippen LogP contribution in [0.3, 0.4) is 0 Å². The van der Waals surface area contributed by atoms with Crippen LogP contribution in [0.25, 0.3) is 11.4 Å². The summed E-state index contributed by atoms with van der Waals surface area (Å²) < 4.78 is 10.0. The van der Waals surface area contributed by atoms with Gasteiger partial charge in [0, 0.05) is 18.7 Å². The molecule has 0 bridgehead atoms. The van der Waals surface area contributed by atoms with Crippen LogP contribution in [-0.4, -0.2) is 53.7 Å². The highest BCUT2D eigenvalue weighted by Crippen LogP contribution is 2.21. The minimum Gasteiger partial charge on any atom is -0.465 e. The highest BCUT2D eigenvalue weighted by atomic mass is 16.5. The first-order chi connectivity index (χ1) is 12.6. The Balaban J connectivity index is 1.60. The third kappa shape index (κ3) is 4.08. The van der Waals surface area contributed by atoms with Gasteiger partial charge in [-0.05, 0) is 32.0 Å². The van der Waals surface area contributed by atoms with Crippen LogP contribution in [0.4, 0.5) is 0 Å². The van der Waals surface area contributed by atoms with E-state index in [-0.39, 0.29) is 17.8 Å². The Morgan fingerprint density at radius 3 is 2.81 bits per heavy atom. The first-order valence-electron chi connectivity index (χ1n) is 8.62. The van der Waals surface area contributed by atoms with Gasteiger partial charge in [0.05, 0.1) is 25.1 Å². The van der Waals surface area contributed by atoms with Crippen LogP contribution in [0.1, 0.15) is 29.6 Å². The van der Waals surface area contributed by atoms with Crippen molar-refractivity contribution in [3.8, 4) is 11.4 Å². The SMILES string of the molecule is CCNC(=O)C1CCN(Cc2nc(-c3ccc(C(=O)OC)cc3)no2)C1. The van der Waals surface area contributed by atoms with Gasteiger partial charge in [0.25, 0.3) is 0 Å². The molecule has 3 rings (SSSR count). The molecule has 1 aromatic heterocycles. The lowest BCUT2D eigenvalue weighted by molar-refractivity contribution is -0.124. The smallest absolute Gasteiger partial charge is 0.337 e. The van der Waals surface area contributed by atoms with E-state index in [1.54, 1.807) is 24.3 Å². The normalized spacial score (nSPS) is 17.2. The number of hydrogen-bond donors (Lipinski definition) is 1. The van der Waals surface area contributed by atoms with Gasteiger partial charge >= 0.3 is 5.97 Å². The number of methoxy groups -OCH3 is 1. The van der Waals surface area contributed by atoms with Crippen LogP contribution in [0.5, 0.6) is 0 Å². The fraction of sp³-hybridized carbons (Fsp3) is 0.444. The highest BCUT2D eigenvalue weighted by Gasteiger charge is 2.28. The van der Waals surface area contributed by atoms with E-state index in [2.05, 4.69) is 25.1 Å². The quantitative estimate of drug-likeness (QED) is 0.781. The molecule has 1 fully saturated rings. The zero-order valence-electron chi connectivity index (χ0n) is 14.9. The number of rotatable bonds is 6. The molecular formula is C18H22N4O4. The number of ether oxygens (including phenoxy) is 1. The maximum absolute atomic E-state index is 11.9. The number of amides is 1. The number of esters is 1. The number of nitrogens with one attached hydrogen (secondary N) is 1. The molecule has 0 spiro atoms. The molecule has 1 aliphatic rings. The molecule has 1 N–H and O–H groups in total. The number of aromatic nitrogens is 2. The molecule has 0 aliphatic carbocycles. The van der Waals surface area contributed by atoms with Crippen molar-refractivity contribution in [2.45, 2.75) is 19.9 Å². The second kappa shape index (κ2) is 8.09. The third-order valence-corrected chi connectivity index (χ3v) is 4.39. The Labute approximate surface area is 151 Å². The molecule has 1 aromatic carbocycles. The maximum atomic E-state index is 11.9. The number of benzene rings is 1. The van der Waals surface area contributed by atoms with E-state index in [0.717, 1.165) is 18.5 Å². The lowest BCUT2D eigenvalue weighted by Gasteiger charge is -2.13. The number of carbonyl (C=O) groups is 2. The fourth-order valence-electron chi connectivity index (χ4n) is 3.01. The van der Waals surface area contributed by atoms with Crippen LogP contribution >= 0.6 is 0 Å². The van der Waals surface area contributed by atoms with Crippen molar-refractivity contribution < 1.29 is 18.8 Å². The third-order valence-electron chi connectivity index (χ3n) is 4.39. The summed E-state index contributed by atoms with van der Waals surface area (Å²) in [5, 5.41) is 6.86. The standard InChI is InChI=1S/C18H22N4O4/c1-3-19-17(23)14-8-9-22(10-14)11-15-20-16(21-26-15)12-4-6-13(7-5-12)18(24)25-2/h4-7,14H,3,8-11H2,1-2H3,(H,19,23). The van der Waals surface area contributed by atoms with Gasteiger partial charge in [0.1, 0.15) is 0 Å². The van der Waals surface area contributed by atoms with E-state index in [0.29, 0.717) is 36.9 Å². The lowest BCUT2D eigenvalue weighted by Crippen LogP contribution is -2.32. The summed E-state index contributed by atoms with van der Waals surface area (Å²) in [5.41, 5.74) is 1.22. The topological polar surface area (TPSA) is 97.6 Å². The van der Waals surface area contributed by atoms with Gasteiger partial charge < -0.3 is 14.6 Å². The predicted octanol–water partition coefficient (Wildman–Crippen LogP) is 1.48. The van der Waals surface area contributed by atoms with Crippen LogP contribution in [0.2, 0.25) is 0 Å². The zero-order valence-corrected chi connectivity index (χ0v) is 14.9. The Hall–Kier alpha value is -2.74. The fourth-order valence-corrected chi connectivity index (χ4v) is 3.01. The summed E-state index contributed by atoms with van der Waals surface area (Å²) in [4.78, 5) is 29.9. The summed E-state index contributed by atoms with van der Waals surface area (Å²) in [6.07, 6.45) is 0.835. The van der Waals surface area contributed by atoms with Crippen molar-refractivity contribution in [1.29, 1.82) is 0 Å². The molecule has 138 valence electrons. The largest absolute Gasteiger partial charge is 0.465 e. The number of likely N-dealkylation sites (tertiary alicyclic amines) is 1. The Bertz CT molecular complexity index is 772. The van der Waals surface area contributed by atoms with E-state index in [4.69, 9.17) is 4.52 Å². The molecule has 0 saturated carbocycles. The summed E-state index contributed by atoms with van der Waals surface area (Å²) in [6, 6.07) is 6.83. The molecule has 1 unspecified atom stereocenters. The average molecular weight is 358 g/mol. The van der Waals surface area contributed by atoms with Crippen LogP contribution in [0.15, 0.2) is 28.8 Å². The van der Waals surface area contributed by atoms with Gasteiger partial charge in [-0.2, -0.15) is 4.98 Å². The first kappa shape index (κ1) is 18.1. The average Bonchev–Trinajstić information content (AvgIpc) is 3.31. The van der Waals surface area contributed by atoms with Gasteiger partial charge in [-0.15, -0.1) is 0 Å². The molecule has 8 nitrogen and oxygen atoms in total. The molecule has 1 atom stereocenters. The molecule has 0 radical (unpaired) electrons. The predicted molar refractivity (Wildman–Crippen MR) is 93.1 cm³/mol. The summed E-state index contributed by atoms with van der Waals surface area (Å²) in [5.74, 6) is 0.709. The van der Waals surface area contributed by atoms with Gasteiger partial charge in [0.2, 0.25) is 17.6 Å². The Kier molecular flexibility index (Phi) is 5.62. The minimum absolute atomic E-state index is 0.0169. The van der Waals surface area contributed by atoms with Gasteiger partial charge in [-0.25, -0.2) is 4.79 Å². The van der Waals surface area contributed by atoms with E-state index >= 15 is 0 Å². The second-order valence-electron chi connectivity index (χ2n) is 6.20. The maximum Gasteiger partial charge on any atom is 0.337 e. The minimum atomic E-state index is -0.388. The van der Waals surface area contributed by atoms with E-state index < -0.39 is 0 Å². The number of carbonyl (C=O) groups excluding carboxylic acids is 2. The van der Waals surface area contributed by atoms with E-state index in [9.17, 15) is 9.59 Å². The molecule has 26 heavy (non-hydrogen) atoms. The van der Waals surface area contributed by atoms with Crippen molar-refractivity contribution in [2.24, 2.45) is 5.92 Å². The summed E-state index contributed by atoms with van der Waals surface area (Å²) in [7, 11) is 1.34. The van der Waals surface area contributed by atoms with Crippen LogP contribution < -0.4 is 5.32 Å². The van der Waals surface area contributed by atoms with Crippen LogP contribution in [-0.2, 0) is 16.1 Å².